The van der Waals surface area contributed by atoms with E-state index in [0.717, 1.165) is 0 Å². The van der Waals surface area contributed by atoms with Crippen LogP contribution in [-0.2, 0) is 24.0 Å². The minimum absolute atomic E-state index is 0. The second-order valence-electron chi connectivity index (χ2n) is 2.23. The number of hydrogen-bond donors (Lipinski definition) is 2. The molecule has 0 heterocycles. The normalized spacial score (nSPS) is 8.00. The van der Waals surface area contributed by atoms with Crippen LogP contribution in [0.3, 0.4) is 0 Å². The van der Waals surface area contributed by atoms with Crippen molar-refractivity contribution < 1.29 is 34.2 Å². The average molecular weight is 293 g/mol. The molecular weight excluding hydrogens is 274 g/mol. The van der Waals surface area contributed by atoms with E-state index in [1.807, 2.05) is 0 Å². The Balaban J connectivity index is -0.000000292. The second kappa shape index (κ2) is 16.8. The van der Waals surface area contributed by atoms with E-state index in [4.69, 9.17) is 10.2 Å². The summed E-state index contributed by atoms with van der Waals surface area (Å²) in [4.78, 5) is 19.9. The van der Waals surface area contributed by atoms with Crippen LogP contribution in [0.15, 0.2) is 25.3 Å². The Morgan fingerprint density at radius 2 is 1.31 bits per heavy atom. The molecule has 0 saturated carbocycles. The third kappa shape index (κ3) is 29.2. The van der Waals surface area contributed by atoms with Gasteiger partial charge >= 0.3 is 69.8 Å². The monoisotopic (exact) mass is 292 g/mol. The van der Waals surface area contributed by atoms with Gasteiger partial charge in [-0.2, -0.15) is 9.90 Å². The van der Waals surface area contributed by atoms with Crippen molar-refractivity contribution in [2.45, 2.75) is 23.6 Å². The van der Waals surface area contributed by atoms with Gasteiger partial charge in [0.1, 0.15) is 0 Å². The first-order chi connectivity index (χ1) is 7.04. The summed E-state index contributed by atoms with van der Waals surface area (Å²) in [6, 6.07) is 0. The number of carbonyl (C=O) groups is 2. The van der Waals surface area contributed by atoms with E-state index in [2.05, 4.69) is 13.2 Å². The van der Waals surface area contributed by atoms with E-state index in [0.29, 0.717) is 10.8 Å². The van der Waals surface area contributed by atoms with Gasteiger partial charge in [0.05, 0.1) is 0 Å². The molecular formula is C10H19NiO4P. The molecule has 0 aromatic carbocycles. The fourth-order valence-electron chi connectivity index (χ4n) is 0.326. The molecule has 0 radical (unpaired) electrons. The van der Waals surface area contributed by atoms with Crippen LogP contribution in [0, 0.1) is 0 Å². The van der Waals surface area contributed by atoms with Gasteiger partial charge in [0.2, 0.25) is 0 Å². The van der Waals surface area contributed by atoms with Crippen molar-refractivity contribution in [1.82, 2.24) is 0 Å². The van der Waals surface area contributed by atoms with E-state index >= 15 is 0 Å². The molecule has 2 N–H and O–H groups in total. The van der Waals surface area contributed by atoms with Gasteiger partial charge in [0, 0.05) is 0 Å². The van der Waals surface area contributed by atoms with Crippen molar-refractivity contribution in [3.05, 3.63) is 25.3 Å². The number of carboxylic acids is 2. The van der Waals surface area contributed by atoms with Crippen molar-refractivity contribution in [2.24, 2.45) is 0 Å². The first kappa shape index (κ1) is 20.7. The molecule has 0 rings (SSSR count). The molecule has 6 heteroatoms. The largest absolute Gasteiger partial charge is 0.153 e. The first-order valence-electron chi connectivity index (χ1n) is 4.16. The van der Waals surface area contributed by atoms with Gasteiger partial charge in [-0.05, 0) is 0 Å². The Labute approximate surface area is 105 Å². The van der Waals surface area contributed by atoms with E-state index in [-0.39, 0.29) is 22.7 Å². The minimum Gasteiger partial charge on any atom is -0.153 e. The molecule has 4 nitrogen and oxygen atoms in total. The van der Waals surface area contributed by atoms with Gasteiger partial charge in [-0.15, -0.1) is 0 Å². The fraction of sp³-hybridized carbons (Fsp3) is 0.400. The Morgan fingerprint density at radius 1 is 1.00 bits per heavy atom. The molecule has 0 bridgehead atoms. The van der Waals surface area contributed by atoms with Crippen molar-refractivity contribution in [3.8, 4) is 0 Å². The van der Waals surface area contributed by atoms with Crippen molar-refractivity contribution in [1.29, 1.82) is 0 Å². The molecule has 1 atom stereocenters. The third-order valence-electron chi connectivity index (χ3n) is 0.976. The SMILES string of the molecule is C=CC=C.O=C(O)C[CH2][Ni][CH2]CC(=O)O.P. The van der Waals surface area contributed by atoms with Crippen LogP contribution in [0.25, 0.3) is 0 Å². The van der Waals surface area contributed by atoms with Crippen LogP contribution < -0.4 is 0 Å². The predicted molar refractivity (Wildman–Crippen MR) is 65.6 cm³/mol. The third-order valence-corrected chi connectivity index (χ3v) is 2.17. The topological polar surface area (TPSA) is 74.6 Å². The van der Waals surface area contributed by atoms with Crippen molar-refractivity contribution in [2.75, 3.05) is 0 Å². The standard InChI is InChI=1S/C4H6.2C3H5O2.Ni.H3P/c1-3-4-2;2*1-2-3(4)5;;/h3-4H,1-2H2;2*1-2H2,(H,4,5);;1H3. The number of aliphatic carboxylic acids is 2. The summed E-state index contributed by atoms with van der Waals surface area (Å²) in [5.41, 5.74) is 0. The maximum atomic E-state index is 9.97. The molecule has 16 heavy (non-hydrogen) atoms. The quantitative estimate of drug-likeness (QED) is 0.327. The van der Waals surface area contributed by atoms with Gasteiger partial charge in [0.25, 0.3) is 0 Å². The van der Waals surface area contributed by atoms with E-state index in [9.17, 15) is 9.59 Å². The number of rotatable bonds is 7. The Morgan fingerprint density at radius 3 is 1.50 bits per heavy atom. The number of hydrogen-bond acceptors (Lipinski definition) is 2. The zero-order valence-electron chi connectivity index (χ0n) is 9.13. The number of allylic oxidation sites excluding steroid dienone is 2. The minimum atomic E-state index is -0.835. The molecule has 0 amide bonds. The van der Waals surface area contributed by atoms with Gasteiger partial charge in [-0.1, -0.05) is 25.3 Å². The summed E-state index contributed by atoms with van der Waals surface area (Å²) in [5.74, 6) is -1.67. The molecule has 0 fully saturated rings. The zero-order valence-corrected chi connectivity index (χ0v) is 11.5. The summed E-state index contributed by atoms with van der Waals surface area (Å²) < 4.78 is 0. The second-order valence-corrected chi connectivity index (χ2v) is 3.71. The molecule has 0 spiro atoms. The van der Waals surface area contributed by atoms with E-state index in [1.54, 1.807) is 12.2 Å². The van der Waals surface area contributed by atoms with Crippen LogP contribution in [0.5, 0.6) is 0 Å². The van der Waals surface area contributed by atoms with E-state index in [1.165, 1.54) is 14.4 Å². The molecule has 0 aromatic rings. The van der Waals surface area contributed by atoms with Crippen LogP contribution in [0.1, 0.15) is 12.8 Å². The summed E-state index contributed by atoms with van der Waals surface area (Å²) in [7, 11) is 0. The zero-order chi connectivity index (χ0) is 12.1. The summed E-state index contributed by atoms with van der Waals surface area (Å²) in [6.45, 7) is 6.72. The van der Waals surface area contributed by atoms with Crippen molar-refractivity contribution >= 4 is 21.8 Å². The van der Waals surface area contributed by atoms with Gasteiger partial charge in [-0.3, -0.25) is 0 Å². The Kier molecular flexibility index (Phi) is 21.7. The molecule has 0 aliphatic heterocycles. The maximum absolute atomic E-state index is 9.97. The summed E-state index contributed by atoms with van der Waals surface area (Å²) >= 11 is 1.18. The molecule has 98 valence electrons. The fourth-order valence-corrected chi connectivity index (χ4v) is 1.34. The molecule has 0 aromatic heterocycles. The van der Waals surface area contributed by atoms with Gasteiger partial charge in [0.15, 0.2) is 0 Å². The molecule has 0 aliphatic carbocycles. The first-order valence-corrected chi connectivity index (χ1v) is 5.56. The predicted octanol–water partition coefficient (Wildman–Crippen LogP) is 2.27. The smallest absolute Gasteiger partial charge is 0.153 e. The average Bonchev–Trinajstić information content (AvgIpc) is 2.17. The number of carboxylic acid groups (broad SMARTS) is 2. The van der Waals surface area contributed by atoms with Crippen LogP contribution in [-0.4, -0.2) is 22.2 Å². The Bertz CT molecular complexity index is 197. The van der Waals surface area contributed by atoms with E-state index < -0.39 is 11.9 Å². The Hall–Kier alpha value is -0.656. The van der Waals surface area contributed by atoms with Crippen LogP contribution in [0.2, 0.25) is 10.8 Å². The van der Waals surface area contributed by atoms with Crippen molar-refractivity contribution in [3.63, 3.8) is 0 Å². The van der Waals surface area contributed by atoms with Gasteiger partial charge in [-0.25, -0.2) is 0 Å². The summed E-state index contributed by atoms with van der Waals surface area (Å²) in [5, 5.41) is 17.4. The van der Waals surface area contributed by atoms with Gasteiger partial charge < -0.3 is 0 Å². The van der Waals surface area contributed by atoms with Crippen LogP contribution >= 0.6 is 9.90 Å². The summed E-state index contributed by atoms with van der Waals surface area (Å²) in [6.07, 6.45) is 3.50. The molecule has 0 saturated heterocycles. The van der Waals surface area contributed by atoms with Crippen LogP contribution in [0.4, 0.5) is 0 Å². The maximum Gasteiger partial charge on any atom is -0.153 e. The molecule has 0 aliphatic rings. The molecule has 1 unspecified atom stereocenters.